The quantitative estimate of drug-likeness (QED) is 0.798. The molecular formula is C17H26BNO5S. The first-order chi connectivity index (χ1) is 11.5. The Morgan fingerprint density at radius 2 is 1.60 bits per heavy atom. The second-order valence-electron chi connectivity index (χ2n) is 7.96. The zero-order valence-corrected chi connectivity index (χ0v) is 16.2. The molecule has 1 aromatic carbocycles. The van der Waals surface area contributed by atoms with Crippen LogP contribution >= 0.6 is 0 Å². The number of sulfonamides is 1. The number of hydrogen-bond donors (Lipinski definition) is 1. The van der Waals surface area contributed by atoms with Crippen LogP contribution in [0.4, 0.5) is 0 Å². The molecular weight excluding hydrogens is 341 g/mol. The molecule has 8 heteroatoms. The third kappa shape index (κ3) is 4.19. The first-order valence-electron chi connectivity index (χ1n) is 8.55. The smallest absolute Gasteiger partial charge is 0.490 e. The lowest BCUT2D eigenvalue weighted by molar-refractivity contribution is 0.00578. The molecule has 0 atom stereocenters. The van der Waals surface area contributed by atoms with Crippen molar-refractivity contribution in [1.82, 2.24) is 4.72 Å². The van der Waals surface area contributed by atoms with Crippen molar-refractivity contribution in [1.29, 1.82) is 0 Å². The van der Waals surface area contributed by atoms with Gasteiger partial charge in [-0.25, -0.2) is 13.1 Å². The van der Waals surface area contributed by atoms with Crippen LogP contribution in [0.15, 0.2) is 24.3 Å². The van der Waals surface area contributed by atoms with E-state index in [1.54, 1.807) is 0 Å². The minimum Gasteiger partial charge on any atom is -0.490 e. The summed E-state index contributed by atoms with van der Waals surface area (Å²) in [7, 11) is -3.53. The van der Waals surface area contributed by atoms with E-state index in [4.69, 9.17) is 14.0 Å². The standard InChI is InChI=1S/C17H26BNO5S/c1-16(2)17(3,4)24-18(23-16)12-6-8-14(9-7-12)22-15-10-13(11-15)19-25(5,20)21/h6-9,13,15,19H,10-11H2,1-5H3. The van der Waals surface area contributed by atoms with Crippen LogP contribution in [-0.4, -0.2) is 45.1 Å². The zero-order valence-electron chi connectivity index (χ0n) is 15.4. The highest BCUT2D eigenvalue weighted by atomic mass is 32.2. The highest BCUT2D eigenvalue weighted by Gasteiger charge is 2.51. The van der Waals surface area contributed by atoms with Gasteiger partial charge in [0, 0.05) is 18.9 Å². The zero-order chi connectivity index (χ0) is 18.5. The average molecular weight is 367 g/mol. The molecule has 1 heterocycles. The van der Waals surface area contributed by atoms with Crippen molar-refractivity contribution < 1.29 is 22.5 Å². The van der Waals surface area contributed by atoms with E-state index < -0.39 is 10.0 Å². The molecule has 0 unspecified atom stereocenters. The first kappa shape index (κ1) is 18.7. The van der Waals surface area contributed by atoms with Gasteiger partial charge in [0.25, 0.3) is 0 Å². The summed E-state index contributed by atoms with van der Waals surface area (Å²) in [5.41, 5.74) is 0.233. The number of nitrogens with one attached hydrogen (secondary N) is 1. The summed E-state index contributed by atoms with van der Waals surface area (Å²) in [5, 5.41) is 0. The number of hydrogen-bond acceptors (Lipinski definition) is 5. The summed E-state index contributed by atoms with van der Waals surface area (Å²) >= 11 is 0. The van der Waals surface area contributed by atoms with E-state index in [9.17, 15) is 8.42 Å². The van der Waals surface area contributed by atoms with Gasteiger partial charge in [0.1, 0.15) is 11.9 Å². The van der Waals surface area contributed by atoms with Crippen LogP contribution < -0.4 is 14.9 Å². The summed E-state index contributed by atoms with van der Waals surface area (Å²) < 4.78 is 42.9. The molecule has 3 rings (SSSR count). The lowest BCUT2D eigenvalue weighted by Gasteiger charge is -2.35. The fourth-order valence-electron chi connectivity index (χ4n) is 2.94. The molecule has 1 aromatic rings. The topological polar surface area (TPSA) is 73.9 Å². The molecule has 1 aliphatic carbocycles. The summed E-state index contributed by atoms with van der Waals surface area (Å²) in [6, 6.07) is 7.67. The lowest BCUT2D eigenvalue weighted by Crippen LogP contribution is -2.48. The summed E-state index contributed by atoms with van der Waals surface area (Å²) in [5.74, 6) is 0.767. The van der Waals surface area contributed by atoms with Gasteiger partial charge >= 0.3 is 7.12 Å². The Kier molecular flexibility index (Phi) is 4.69. The molecule has 1 N–H and O–H groups in total. The molecule has 138 valence electrons. The van der Waals surface area contributed by atoms with E-state index in [0.717, 1.165) is 11.2 Å². The van der Waals surface area contributed by atoms with Gasteiger partial charge in [-0.05, 0) is 45.3 Å². The van der Waals surface area contributed by atoms with Crippen molar-refractivity contribution in [2.45, 2.75) is 63.9 Å². The Hall–Kier alpha value is -1.09. The predicted octanol–water partition coefficient (Wildman–Crippen LogP) is 1.44. The van der Waals surface area contributed by atoms with Gasteiger partial charge in [-0.3, -0.25) is 0 Å². The summed E-state index contributed by atoms with van der Waals surface area (Å²) in [4.78, 5) is 0. The van der Waals surface area contributed by atoms with Crippen LogP contribution in [0.25, 0.3) is 0 Å². The van der Waals surface area contributed by atoms with Crippen LogP contribution in [0.5, 0.6) is 5.75 Å². The number of benzene rings is 1. The van der Waals surface area contributed by atoms with Crippen molar-refractivity contribution in [3.8, 4) is 5.75 Å². The fourth-order valence-corrected chi connectivity index (χ4v) is 3.73. The van der Waals surface area contributed by atoms with Crippen molar-refractivity contribution in [2.24, 2.45) is 0 Å². The molecule has 25 heavy (non-hydrogen) atoms. The molecule has 2 fully saturated rings. The van der Waals surface area contributed by atoms with E-state index in [1.165, 1.54) is 6.26 Å². The second-order valence-corrected chi connectivity index (χ2v) is 9.74. The van der Waals surface area contributed by atoms with E-state index in [-0.39, 0.29) is 30.5 Å². The van der Waals surface area contributed by atoms with Gasteiger partial charge in [0.15, 0.2) is 0 Å². The fraction of sp³-hybridized carbons (Fsp3) is 0.647. The molecule has 0 aromatic heterocycles. The summed E-state index contributed by atoms with van der Waals surface area (Å²) in [6.07, 6.45) is 2.59. The van der Waals surface area contributed by atoms with E-state index >= 15 is 0 Å². The molecule has 6 nitrogen and oxygen atoms in total. The Labute approximate surface area is 150 Å². The van der Waals surface area contributed by atoms with E-state index in [0.29, 0.717) is 12.8 Å². The summed E-state index contributed by atoms with van der Waals surface area (Å²) in [6.45, 7) is 8.12. The maximum atomic E-state index is 11.2. The second kappa shape index (κ2) is 6.26. The Balaban J connectivity index is 1.54. The molecule has 1 aliphatic heterocycles. The van der Waals surface area contributed by atoms with Gasteiger partial charge in [-0.1, -0.05) is 12.1 Å². The van der Waals surface area contributed by atoms with Crippen molar-refractivity contribution in [2.75, 3.05) is 6.26 Å². The maximum absolute atomic E-state index is 11.2. The van der Waals surface area contributed by atoms with Crippen LogP contribution in [-0.2, 0) is 19.3 Å². The van der Waals surface area contributed by atoms with E-state index in [2.05, 4.69) is 4.72 Å². The Bertz CT molecular complexity index is 710. The molecule has 1 saturated carbocycles. The molecule has 0 spiro atoms. The SMILES string of the molecule is CC1(C)OB(c2ccc(OC3CC(NS(C)(=O)=O)C3)cc2)OC1(C)C. The van der Waals surface area contributed by atoms with E-state index in [1.807, 2.05) is 52.0 Å². The normalized spacial score (nSPS) is 27.8. The highest BCUT2D eigenvalue weighted by molar-refractivity contribution is 7.88. The molecule has 2 aliphatic rings. The molecule has 0 radical (unpaired) electrons. The lowest BCUT2D eigenvalue weighted by atomic mass is 9.79. The monoisotopic (exact) mass is 367 g/mol. The van der Waals surface area contributed by atoms with Gasteiger partial charge in [0.2, 0.25) is 10.0 Å². The minimum absolute atomic E-state index is 0.0241. The van der Waals surface area contributed by atoms with Crippen LogP contribution in [0, 0.1) is 0 Å². The molecule has 0 amide bonds. The van der Waals surface area contributed by atoms with Crippen molar-refractivity contribution >= 4 is 22.6 Å². The molecule has 0 bridgehead atoms. The largest absolute Gasteiger partial charge is 0.494 e. The third-order valence-electron chi connectivity index (χ3n) is 5.18. The van der Waals surface area contributed by atoms with Gasteiger partial charge in [0.05, 0.1) is 17.5 Å². The third-order valence-corrected chi connectivity index (χ3v) is 5.95. The van der Waals surface area contributed by atoms with Crippen molar-refractivity contribution in [3.63, 3.8) is 0 Å². The Morgan fingerprint density at radius 1 is 1.08 bits per heavy atom. The number of ether oxygens (including phenoxy) is 1. The van der Waals surface area contributed by atoms with Gasteiger partial charge < -0.3 is 14.0 Å². The highest BCUT2D eigenvalue weighted by Crippen LogP contribution is 2.36. The van der Waals surface area contributed by atoms with Gasteiger partial charge in [-0.15, -0.1) is 0 Å². The van der Waals surface area contributed by atoms with Gasteiger partial charge in [-0.2, -0.15) is 0 Å². The number of rotatable bonds is 5. The van der Waals surface area contributed by atoms with Crippen molar-refractivity contribution in [3.05, 3.63) is 24.3 Å². The minimum atomic E-state index is -3.15. The maximum Gasteiger partial charge on any atom is 0.494 e. The molecule has 1 saturated heterocycles. The Morgan fingerprint density at radius 3 is 2.08 bits per heavy atom. The van der Waals surface area contributed by atoms with Crippen LogP contribution in [0.1, 0.15) is 40.5 Å². The predicted molar refractivity (Wildman–Crippen MR) is 97.6 cm³/mol. The average Bonchev–Trinajstić information content (AvgIpc) is 2.64. The van der Waals surface area contributed by atoms with Crippen LogP contribution in [0.3, 0.4) is 0 Å². The first-order valence-corrected chi connectivity index (χ1v) is 10.4. The van der Waals surface area contributed by atoms with Crippen LogP contribution in [0.2, 0.25) is 0 Å².